The maximum Gasteiger partial charge on any atom is 0.226 e. The van der Waals surface area contributed by atoms with Gasteiger partial charge in [-0.15, -0.1) is 0 Å². The Morgan fingerprint density at radius 3 is 2.86 bits per heavy atom. The Kier molecular flexibility index (Phi) is 4.38. The second-order valence-electron chi connectivity index (χ2n) is 7.18. The first-order chi connectivity index (χ1) is 13.9. The molecule has 1 atom stereocenters. The van der Waals surface area contributed by atoms with Crippen molar-refractivity contribution in [2.24, 2.45) is 0 Å². The molecule has 0 spiro atoms. The van der Waals surface area contributed by atoms with E-state index in [1.54, 1.807) is 22.1 Å². The molecule has 5 rings (SSSR count). The topological polar surface area (TPSA) is 59.8 Å². The van der Waals surface area contributed by atoms with Gasteiger partial charge in [0.15, 0.2) is 0 Å². The number of nitrogens with one attached hydrogen (secondary N) is 1. The van der Waals surface area contributed by atoms with Crippen LogP contribution in [0.1, 0.15) is 34.7 Å². The van der Waals surface area contributed by atoms with Crippen LogP contribution in [-0.4, -0.2) is 20.7 Å². The van der Waals surface area contributed by atoms with Crippen molar-refractivity contribution in [3.63, 3.8) is 0 Å². The summed E-state index contributed by atoms with van der Waals surface area (Å²) in [6.07, 6.45) is 0.290. The summed E-state index contributed by atoms with van der Waals surface area (Å²) in [6, 6.07) is 11.7. The molecule has 1 amide bonds. The number of nitrogens with zero attached hydrogens (tertiary/aromatic N) is 3. The minimum Gasteiger partial charge on any atom is -0.310 e. The molecule has 29 heavy (non-hydrogen) atoms. The van der Waals surface area contributed by atoms with Crippen molar-refractivity contribution in [3.8, 4) is 5.13 Å². The molecule has 0 aliphatic carbocycles. The third-order valence-corrected chi connectivity index (χ3v) is 7.00. The molecule has 5 nitrogen and oxygen atoms in total. The number of halogens is 2. The maximum absolute atomic E-state index is 12.6. The van der Waals surface area contributed by atoms with E-state index in [-0.39, 0.29) is 11.8 Å². The van der Waals surface area contributed by atoms with Crippen molar-refractivity contribution >= 4 is 56.5 Å². The van der Waals surface area contributed by atoms with Gasteiger partial charge in [-0.3, -0.25) is 4.79 Å². The zero-order valence-electron chi connectivity index (χ0n) is 15.7. The number of anilines is 1. The maximum atomic E-state index is 12.6. The molecule has 1 N–H and O–H groups in total. The highest BCUT2D eigenvalue weighted by Crippen LogP contribution is 2.44. The van der Waals surface area contributed by atoms with Crippen LogP contribution in [0.2, 0.25) is 10.0 Å². The summed E-state index contributed by atoms with van der Waals surface area (Å²) in [6.45, 7) is 3.99. The number of benzene rings is 2. The van der Waals surface area contributed by atoms with Crippen LogP contribution in [0.3, 0.4) is 0 Å². The Morgan fingerprint density at radius 1 is 1.21 bits per heavy atom. The molecule has 0 bridgehead atoms. The molecule has 2 aromatic carbocycles. The molecule has 4 aromatic rings. The SMILES string of the molecule is Cc1ccc2nc(-n3nc(C)c4c3NC(=O)C[C@@H]4c3cccc(Cl)c3Cl)sc2c1. The monoisotopic (exact) mass is 442 g/mol. The standard InChI is InChI=1S/C21H16Cl2N4OS/c1-10-6-7-15-16(8-10)29-21(24-15)27-20-18(11(2)26-27)13(9-17(28)25-20)12-4-3-5-14(22)19(12)23/h3-8,13H,9H2,1-2H3,(H,25,28)/t13-/m1/s1. The van der Waals surface area contributed by atoms with Gasteiger partial charge in [-0.2, -0.15) is 9.78 Å². The van der Waals surface area contributed by atoms with Gasteiger partial charge < -0.3 is 5.32 Å². The van der Waals surface area contributed by atoms with Crippen molar-refractivity contribution in [3.05, 3.63) is 68.8 Å². The first kappa shape index (κ1) is 18.6. The predicted octanol–water partition coefficient (Wildman–Crippen LogP) is 5.88. The van der Waals surface area contributed by atoms with E-state index in [9.17, 15) is 4.79 Å². The van der Waals surface area contributed by atoms with Crippen molar-refractivity contribution in [1.29, 1.82) is 0 Å². The Morgan fingerprint density at radius 2 is 2.03 bits per heavy atom. The fraction of sp³-hybridized carbons (Fsp3) is 0.190. The second kappa shape index (κ2) is 6.83. The van der Waals surface area contributed by atoms with E-state index in [4.69, 9.17) is 33.3 Å². The summed E-state index contributed by atoms with van der Waals surface area (Å²) in [4.78, 5) is 17.3. The van der Waals surface area contributed by atoms with Gasteiger partial charge in [-0.1, -0.05) is 52.7 Å². The molecule has 0 fully saturated rings. The van der Waals surface area contributed by atoms with Crippen LogP contribution in [0.4, 0.5) is 5.82 Å². The smallest absolute Gasteiger partial charge is 0.226 e. The molecule has 0 radical (unpaired) electrons. The molecule has 0 saturated heterocycles. The zero-order valence-corrected chi connectivity index (χ0v) is 18.0. The summed E-state index contributed by atoms with van der Waals surface area (Å²) in [7, 11) is 0. The molecule has 3 heterocycles. The average molecular weight is 443 g/mol. The normalized spacial score (nSPS) is 16.1. The minimum atomic E-state index is -0.213. The van der Waals surface area contributed by atoms with Gasteiger partial charge in [0.05, 0.1) is 26.0 Å². The summed E-state index contributed by atoms with van der Waals surface area (Å²) >= 11 is 14.3. The van der Waals surface area contributed by atoms with Crippen LogP contribution >= 0.6 is 34.5 Å². The third-order valence-electron chi connectivity index (χ3n) is 5.17. The molecule has 2 aromatic heterocycles. The van der Waals surface area contributed by atoms with E-state index in [0.717, 1.165) is 27.0 Å². The number of thiazole rings is 1. The van der Waals surface area contributed by atoms with E-state index in [2.05, 4.69) is 18.3 Å². The molecule has 0 saturated carbocycles. The number of fused-ring (bicyclic) bond motifs is 2. The Bertz CT molecular complexity index is 1290. The van der Waals surface area contributed by atoms with E-state index in [1.165, 1.54) is 5.56 Å². The van der Waals surface area contributed by atoms with Crippen LogP contribution in [-0.2, 0) is 4.79 Å². The van der Waals surface area contributed by atoms with E-state index >= 15 is 0 Å². The number of hydrogen-bond acceptors (Lipinski definition) is 4. The number of rotatable bonds is 2. The lowest BCUT2D eigenvalue weighted by Gasteiger charge is -2.25. The van der Waals surface area contributed by atoms with Gasteiger partial charge in [-0.25, -0.2) is 4.98 Å². The van der Waals surface area contributed by atoms with E-state index in [0.29, 0.717) is 27.4 Å². The molecular weight excluding hydrogens is 427 g/mol. The van der Waals surface area contributed by atoms with Crippen LogP contribution in [0, 0.1) is 13.8 Å². The molecule has 1 aliphatic rings. The Balaban J connectivity index is 1.69. The van der Waals surface area contributed by atoms with Crippen molar-refractivity contribution in [1.82, 2.24) is 14.8 Å². The number of aromatic nitrogens is 3. The highest BCUT2D eigenvalue weighted by Gasteiger charge is 2.34. The third kappa shape index (κ3) is 3.03. The van der Waals surface area contributed by atoms with Crippen molar-refractivity contribution in [2.75, 3.05) is 5.32 Å². The average Bonchev–Trinajstić information content (AvgIpc) is 3.24. The second-order valence-corrected chi connectivity index (χ2v) is 8.97. The number of carbonyl (C=O) groups excluding carboxylic acids is 1. The van der Waals surface area contributed by atoms with E-state index < -0.39 is 0 Å². The molecule has 1 aliphatic heterocycles. The van der Waals surface area contributed by atoms with Crippen LogP contribution in [0.15, 0.2) is 36.4 Å². The van der Waals surface area contributed by atoms with Crippen molar-refractivity contribution in [2.45, 2.75) is 26.2 Å². The lowest BCUT2D eigenvalue weighted by atomic mass is 9.86. The summed E-state index contributed by atoms with van der Waals surface area (Å²) in [5, 5.41) is 9.37. The largest absolute Gasteiger partial charge is 0.310 e. The van der Waals surface area contributed by atoms with Crippen LogP contribution in [0.25, 0.3) is 15.3 Å². The highest BCUT2D eigenvalue weighted by atomic mass is 35.5. The minimum absolute atomic E-state index is 0.0864. The lowest BCUT2D eigenvalue weighted by Crippen LogP contribution is -2.25. The van der Waals surface area contributed by atoms with E-state index in [1.807, 2.05) is 31.2 Å². The number of amides is 1. The first-order valence-corrected chi connectivity index (χ1v) is 10.7. The quantitative estimate of drug-likeness (QED) is 0.421. The number of aryl methyl sites for hydroxylation is 2. The molecular formula is C21H16Cl2N4OS. The summed E-state index contributed by atoms with van der Waals surface area (Å²) in [5.74, 6) is 0.350. The molecule has 0 unspecified atom stereocenters. The molecule has 146 valence electrons. The van der Waals surface area contributed by atoms with Gasteiger partial charge in [0.1, 0.15) is 5.82 Å². The van der Waals surface area contributed by atoms with Gasteiger partial charge >= 0.3 is 0 Å². The summed E-state index contributed by atoms with van der Waals surface area (Å²) in [5.41, 5.74) is 4.70. The number of hydrogen-bond donors (Lipinski definition) is 1. The van der Waals surface area contributed by atoms with Gasteiger partial charge in [0.25, 0.3) is 0 Å². The number of carbonyl (C=O) groups is 1. The zero-order chi connectivity index (χ0) is 20.3. The van der Waals surface area contributed by atoms with Crippen LogP contribution in [0.5, 0.6) is 0 Å². The predicted molar refractivity (Wildman–Crippen MR) is 118 cm³/mol. The highest BCUT2D eigenvalue weighted by molar-refractivity contribution is 7.20. The first-order valence-electron chi connectivity index (χ1n) is 9.13. The fourth-order valence-electron chi connectivity index (χ4n) is 3.85. The van der Waals surface area contributed by atoms with Crippen LogP contribution < -0.4 is 5.32 Å². The van der Waals surface area contributed by atoms with Gasteiger partial charge in [0.2, 0.25) is 11.0 Å². The lowest BCUT2D eigenvalue weighted by molar-refractivity contribution is -0.116. The summed E-state index contributed by atoms with van der Waals surface area (Å²) < 4.78 is 2.81. The van der Waals surface area contributed by atoms with Crippen molar-refractivity contribution < 1.29 is 4.79 Å². The van der Waals surface area contributed by atoms with Gasteiger partial charge in [-0.05, 0) is 43.2 Å². The molecule has 8 heteroatoms. The fourth-order valence-corrected chi connectivity index (χ4v) is 5.31. The Hall–Kier alpha value is -2.41. The Labute approximate surface area is 181 Å². The van der Waals surface area contributed by atoms with Gasteiger partial charge in [0, 0.05) is 17.9 Å².